The highest BCUT2D eigenvalue weighted by atomic mass is 19.1. The molecule has 0 saturated carbocycles. The first-order valence-electron chi connectivity index (χ1n) is 4.76. The summed E-state index contributed by atoms with van der Waals surface area (Å²) >= 11 is 0. The summed E-state index contributed by atoms with van der Waals surface area (Å²) in [7, 11) is 0. The van der Waals surface area contributed by atoms with Crippen molar-refractivity contribution in [2.24, 2.45) is 0 Å². The minimum atomic E-state index is -0.468. The third kappa shape index (κ3) is 2.11. The van der Waals surface area contributed by atoms with E-state index in [0.29, 0.717) is 0 Å². The molecule has 1 aromatic carbocycles. The number of carbonyl (C=O) groups excluding carboxylic acids is 1. The first-order chi connectivity index (χ1) is 7.66. The van der Waals surface area contributed by atoms with E-state index in [9.17, 15) is 9.18 Å². The van der Waals surface area contributed by atoms with Gasteiger partial charge in [0.15, 0.2) is 5.78 Å². The van der Waals surface area contributed by atoms with E-state index in [-0.39, 0.29) is 23.5 Å². The number of hydrogen-bond donors (Lipinski definition) is 1. The Morgan fingerprint density at radius 1 is 1.38 bits per heavy atom. The molecule has 0 saturated heterocycles. The molecule has 0 radical (unpaired) electrons. The topological polar surface area (TPSA) is 56.2 Å². The van der Waals surface area contributed by atoms with Gasteiger partial charge >= 0.3 is 0 Å². The van der Waals surface area contributed by atoms with Crippen LogP contribution in [0.3, 0.4) is 0 Å². The highest BCUT2D eigenvalue weighted by Gasteiger charge is 2.12. The predicted molar refractivity (Wildman–Crippen MR) is 57.6 cm³/mol. The summed E-state index contributed by atoms with van der Waals surface area (Å²) in [5.74, 6) is -0.692. The first kappa shape index (κ1) is 10.4. The quantitative estimate of drug-likeness (QED) is 0.637. The van der Waals surface area contributed by atoms with Gasteiger partial charge in [0, 0.05) is 17.7 Å². The maximum Gasteiger partial charge on any atom is 0.169 e. The van der Waals surface area contributed by atoms with Crippen LogP contribution in [-0.2, 0) is 6.42 Å². The van der Waals surface area contributed by atoms with Crippen molar-refractivity contribution in [3.05, 3.63) is 53.7 Å². The fourth-order valence-electron chi connectivity index (χ4n) is 1.44. The Morgan fingerprint density at radius 3 is 2.88 bits per heavy atom. The van der Waals surface area contributed by atoms with Crippen molar-refractivity contribution in [3.8, 4) is 0 Å². The van der Waals surface area contributed by atoms with Crippen LogP contribution in [0.15, 0.2) is 41.2 Å². The van der Waals surface area contributed by atoms with Crippen LogP contribution in [0.1, 0.15) is 15.9 Å². The number of ketones is 1. The lowest BCUT2D eigenvalue weighted by Gasteiger charge is -2.03. The zero-order valence-corrected chi connectivity index (χ0v) is 8.44. The highest BCUT2D eigenvalue weighted by Crippen LogP contribution is 2.16. The largest absolute Gasteiger partial charge is 0.472 e. The Kier molecular flexibility index (Phi) is 2.72. The standard InChI is InChI=1S/C12H10FNO2/c13-9-1-2-11(14)10(6-9)12(15)5-8-3-4-16-7-8/h1-4,6-7H,5,14H2. The fourth-order valence-corrected chi connectivity index (χ4v) is 1.44. The summed E-state index contributed by atoms with van der Waals surface area (Å²) in [5.41, 5.74) is 6.85. The molecule has 82 valence electrons. The molecule has 2 aromatic rings. The highest BCUT2D eigenvalue weighted by molar-refractivity contribution is 6.01. The van der Waals surface area contributed by atoms with Crippen molar-refractivity contribution >= 4 is 11.5 Å². The molecule has 0 aliphatic rings. The second kappa shape index (κ2) is 4.18. The van der Waals surface area contributed by atoms with E-state index in [1.165, 1.54) is 24.7 Å². The number of Topliss-reactive ketones (excluding diaryl/α,β-unsaturated/α-hetero) is 1. The Hall–Kier alpha value is -2.10. The van der Waals surface area contributed by atoms with Crippen LogP contribution in [0.25, 0.3) is 0 Å². The molecule has 4 heteroatoms. The van der Waals surface area contributed by atoms with E-state index in [0.717, 1.165) is 11.6 Å². The van der Waals surface area contributed by atoms with Gasteiger partial charge in [0.05, 0.1) is 12.5 Å². The van der Waals surface area contributed by atoms with Gasteiger partial charge in [0.25, 0.3) is 0 Å². The van der Waals surface area contributed by atoms with Crippen molar-refractivity contribution in [2.75, 3.05) is 5.73 Å². The van der Waals surface area contributed by atoms with E-state index >= 15 is 0 Å². The predicted octanol–water partition coefficient (Wildman–Crippen LogP) is 2.43. The average Bonchev–Trinajstić information content (AvgIpc) is 2.74. The van der Waals surface area contributed by atoms with Gasteiger partial charge in [-0.05, 0) is 29.8 Å². The Bertz CT molecular complexity index is 506. The van der Waals surface area contributed by atoms with Crippen molar-refractivity contribution in [2.45, 2.75) is 6.42 Å². The Morgan fingerprint density at radius 2 is 2.19 bits per heavy atom. The normalized spacial score (nSPS) is 10.3. The van der Waals surface area contributed by atoms with Crippen LogP contribution in [0.5, 0.6) is 0 Å². The van der Waals surface area contributed by atoms with Gasteiger partial charge in [-0.3, -0.25) is 4.79 Å². The molecule has 0 bridgehead atoms. The van der Waals surface area contributed by atoms with Gasteiger partial charge in [-0.2, -0.15) is 0 Å². The number of rotatable bonds is 3. The van der Waals surface area contributed by atoms with Gasteiger partial charge in [-0.1, -0.05) is 0 Å². The molecule has 3 nitrogen and oxygen atoms in total. The van der Waals surface area contributed by atoms with Crippen LogP contribution in [0.4, 0.5) is 10.1 Å². The molecule has 0 atom stereocenters. The molecule has 1 aromatic heterocycles. The van der Waals surface area contributed by atoms with Crippen molar-refractivity contribution in [1.29, 1.82) is 0 Å². The fraction of sp³-hybridized carbons (Fsp3) is 0.0833. The zero-order valence-electron chi connectivity index (χ0n) is 8.44. The van der Waals surface area contributed by atoms with E-state index in [2.05, 4.69) is 0 Å². The lowest BCUT2D eigenvalue weighted by atomic mass is 10.0. The molecule has 16 heavy (non-hydrogen) atoms. The second-order valence-corrected chi connectivity index (χ2v) is 3.46. The molecule has 0 aliphatic carbocycles. The van der Waals surface area contributed by atoms with Crippen molar-refractivity contribution in [3.63, 3.8) is 0 Å². The number of furan rings is 1. The summed E-state index contributed by atoms with van der Waals surface area (Å²) in [6.07, 6.45) is 3.12. The monoisotopic (exact) mass is 219 g/mol. The molecule has 0 aliphatic heterocycles. The average molecular weight is 219 g/mol. The number of anilines is 1. The van der Waals surface area contributed by atoms with E-state index in [1.54, 1.807) is 6.07 Å². The third-order valence-corrected chi connectivity index (χ3v) is 2.26. The van der Waals surface area contributed by atoms with Gasteiger partial charge in [-0.15, -0.1) is 0 Å². The second-order valence-electron chi connectivity index (χ2n) is 3.46. The minimum absolute atomic E-state index is 0.157. The molecule has 0 spiro atoms. The first-order valence-corrected chi connectivity index (χ1v) is 4.76. The SMILES string of the molecule is Nc1ccc(F)cc1C(=O)Cc1ccoc1. The molecular weight excluding hydrogens is 209 g/mol. The third-order valence-electron chi connectivity index (χ3n) is 2.26. The van der Waals surface area contributed by atoms with Crippen LogP contribution >= 0.6 is 0 Å². The molecule has 2 rings (SSSR count). The molecule has 0 fully saturated rings. The number of nitrogen functional groups attached to an aromatic ring is 1. The number of carbonyl (C=O) groups is 1. The summed E-state index contributed by atoms with van der Waals surface area (Å²) < 4.78 is 17.8. The molecule has 2 N–H and O–H groups in total. The smallest absolute Gasteiger partial charge is 0.169 e. The summed E-state index contributed by atoms with van der Waals surface area (Å²) in [5, 5.41) is 0. The summed E-state index contributed by atoms with van der Waals surface area (Å²) in [6.45, 7) is 0. The van der Waals surface area contributed by atoms with Crippen molar-refractivity contribution < 1.29 is 13.6 Å². The maximum atomic E-state index is 13.0. The maximum absolute atomic E-state index is 13.0. The molecule has 0 amide bonds. The number of hydrogen-bond acceptors (Lipinski definition) is 3. The van der Waals surface area contributed by atoms with Crippen LogP contribution in [-0.4, -0.2) is 5.78 Å². The molecular formula is C12H10FNO2. The summed E-state index contributed by atoms with van der Waals surface area (Å²) in [4.78, 5) is 11.8. The minimum Gasteiger partial charge on any atom is -0.472 e. The van der Waals surface area contributed by atoms with E-state index in [1.807, 2.05) is 0 Å². The van der Waals surface area contributed by atoms with Gasteiger partial charge in [0.2, 0.25) is 0 Å². The molecule has 0 unspecified atom stereocenters. The lowest BCUT2D eigenvalue weighted by Crippen LogP contribution is -2.07. The van der Waals surface area contributed by atoms with Crippen LogP contribution in [0, 0.1) is 5.82 Å². The Labute approximate surface area is 91.7 Å². The van der Waals surface area contributed by atoms with E-state index in [4.69, 9.17) is 10.2 Å². The van der Waals surface area contributed by atoms with E-state index < -0.39 is 5.82 Å². The lowest BCUT2D eigenvalue weighted by molar-refractivity contribution is 0.0993. The number of halogens is 1. The van der Waals surface area contributed by atoms with Crippen LogP contribution in [0.2, 0.25) is 0 Å². The number of benzene rings is 1. The summed E-state index contributed by atoms with van der Waals surface area (Å²) in [6, 6.07) is 5.45. The molecule has 1 heterocycles. The van der Waals surface area contributed by atoms with Gasteiger partial charge < -0.3 is 10.2 Å². The Balaban J connectivity index is 2.24. The van der Waals surface area contributed by atoms with Crippen LogP contribution < -0.4 is 5.73 Å². The zero-order chi connectivity index (χ0) is 11.5. The van der Waals surface area contributed by atoms with Crippen molar-refractivity contribution in [1.82, 2.24) is 0 Å². The van der Waals surface area contributed by atoms with Gasteiger partial charge in [-0.25, -0.2) is 4.39 Å². The van der Waals surface area contributed by atoms with Gasteiger partial charge in [0.1, 0.15) is 5.82 Å². The number of nitrogens with two attached hydrogens (primary N) is 1.